The molecule has 1 atom stereocenters. The van der Waals surface area contributed by atoms with Crippen molar-refractivity contribution in [3.63, 3.8) is 0 Å². The maximum Gasteiger partial charge on any atom is 0.354 e. The van der Waals surface area contributed by atoms with Crippen molar-refractivity contribution in [1.29, 1.82) is 0 Å². The van der Waals surface area contributed by atoms with Crippen molar-refractivity contribution >= 4 is 23.2 Å². The number of carboxylic acids is 1. The molecule has 2 N–H and O–H groups in total. The van der Waals surface area contributed by atoms with E-state index in [4.69, 9.17) is 5.11 Å². The van der Waals surface area contributed by atoms with Crippen molar-refractivity contribution in [3.05, 3.63) is 39.6 Å². The average Bonchev–Trinajstić information content (AvgIpc) is 3.13. The number of aromatic nitrogens is 2. The molecule has 3 heterocycles. The normalized spacial score (nSPS) is 17.6. The number of aromatic amines is 1. The first kappa shape index (κ1) is 13.8. The fourth-order valence-corrected chi connectivity index (χ4v) is 3.76. The van der Waals surface area contributed by atoms with E-state index in [-0.39, 0.29) is 23.3 Å². The molecular weight excluding hydrogens is 290 g/mol. The van der Waals surface area contributed by atoms with Gasteiger partial charge in [0.1, 0.15) is 0 Å². The highest BCUT2D eigenvalue weighted by Gasteiger charge is 2.33. The van der Waals surface area contributed by atoms with Gasteiger partial charge in [-0.3, -0.25) is 4.79 Å². The molecule has 1 aliphatic heterocycles. The van der Waals surface area contributed by atoms with Crippen LogP contribution in [0.25, 0.3) is 0 Å². The lowest BCUT2D eigenvalue weighted by Gasteiger charge is -2.35. The SMILES string of the molecule is CCC1c2ccsc2CCN1C(=O)c1nc[nH]c1C(=O)O. The van der Waals surface area contributed by atoms with Gasteiger partial charge in [-0.2, -0.15) is 0 Å². The number of carboxylic acid groups (broad SMARTS) is 1. The monoisotopic (exact) mass is 305 g/mol. The van der Waals surface area contributed by atoms with Gasteiger partial charge in [-0.15, -0.1) is 11.3 Å². The molecule has 0 saturated heterocycles. The smallest absolute Gasteiger partial charge is 0.354 e. The van der Waals surface area contributed by atoms with Crippen LogP contribution in [0.5, 0.6) is 0 Å². The molecule has 0 aromatic carbocycles. The van der Waals surface area contributed by atoms with Crippen LogP contribution in [0.15, 0.2) is 17.8 Å². The molecule has 110 valence electrons. The minimum Gasteiger partial charge on any atom is -0.477 e. The third-order valence-electron chi connectivity index (χ3n) is 3.80. The van der Waals surface area contributed by atoms with Crippen LogP contribution in [0.4, 0.5) is 0 Å². The van der Waals surface area contributed by atoms with E-state index in [1.807, 2.05) is 12.3 Å². The molecule has 21 heavy (non-hydrogen) atoms. The maximum atomic E-state index is 12.7. The lowest BCUT2D eigenvalue weighted by molar-refractivity contribution is 0.0623. The highest BCUT2D eigenvalue weighted by Crippen LogP contribution is 2.35. The molecule has 2 aromatic heterocycles. The number of nitrogens with zero attached hydrogens (tertiary/aromatic N) is 2. The minimum atomic E-state index is -1.17. The number of hydrogen-bond donors (Lipinski definition) is 2. The van der Waals surface area contributed by atoms with E-state index in [1.54, 1.807) is 16.2 Å². The molecule has 1 aliphatic rings. The van der Waals surface area contributed by atoms with E-state index in [1.165, 1.54) is 16.8 Å². The number of imidazole rings is 1. The molecule has 3 rings (SSSR count). The Balaban J connectivity index is 1.95. The number of H-pyrrole nitrogens is 1. The second-order valence-electron chi connectivity index (χ2n) is 4.90. The molecule has 0 fully saturated rings. The summed E-state index contributed by atoms with van der Waals surface area (Å²) in [5.74, 6) is -1.49. The van der Waals surface area contributed by atoms with E-state index in [9.17, 15) is 9.59 Å². The summed E-state index contributed by atoms with van der Waals surface area (Å²) >= 11 is 1.71. The van der Waals surface area contributed by atoms with Crippen LogP contribution in [0, 0.1) is 0 Å². The summed E-state index contributed by atoms with van der Waals surface area (Å²) in [6, 6.07) is 2.04. The summed E-state index contributed by atoms with van der Waals surface area (Å²) in [6.07, 6.45) is 2.85. The quantitative estimate of drug-likeness (QED) is 0.911. The van der Waals surface area contributed by atoms with Crippen LogP contribution in [0.2, 0.25) is 0 Å². The van der Waals surface area contributed by atoms with Crippen molar-refractivity contribution in [2.75, 3.05) is 6.54 Å². The predicted octanol–water partition coefficient (Wildman–Crippen LogP) is 2.32. The van der Waals surface area contributed by atoms with Crippen LogP contribution in [0.1, 0.15) is 50.8 Å². The molecule has 0 bridgehead atoms. The van der Waals surface area contributed by atoms with E-state index >= 15 is 0 Å². The Bertz CT molecular complexity index is 691. The number of fused-ring (bicyclic) bond motifs is 1. The second-order valence-corrected chi connectivity index (χ2v) is 5.90. The Kier molecular flexibility index (Phi) is 3.50. The van der Waals surface area contributed by atoms with Crippen molar-refractivity contribution in [2.24, 2.45) is 0 Å². The van der Waals surface area contributed by atoms with Crippen LogP contribution in [-0.2, 0) is 6.42 Å². The number of rotatable bonds is 3. The number of aromatic carboxylic acids is 1. The highest BCUT2D eigenvalue weighted by molar-refractivity contribution is 7.10. The number of carbonyl (C=O) groups is 2. The molecule has 7 heteroatoms. The average molecular weight is 305 g/mol. The molecule has 2 aromatic rings. The predicted molar refractivity (Wildman–Crippen MR) is 77.6 cm³/mol. The third-order valence-corrected chi connectivity index (χ3v) is 4.79. The molecule has 0 radical (unpaired) electrons. The Morgan fingerprint density at radius 3 is 3.10 bits per heavy atom. The van der Waals surface area contributed by atoms with Gasteiger partial charge >= 0.3 is 5.97 Å². The van der Waals surface area contributed by atoms with Crippen molar-refractivity contribution in [3.8, 4) is 0 Å². The van der Waals surface area contributed by atoms with Gasteiger partial charge in [-0.05, 0) is 29.9 Å². The van der Waals surface area contributed by atoms with E-state index < -0.39 is 5.97 Å². The van der Waals surface area contributed by atoms with Crippen LogP contribution in [-0.4, -0.2) is 38.4 Å². The van der Waals surface area contributed by atoms with Crippen LogP contribution < -0.4 is 0 Å². The fourth-order valence-electron chi connectivity index (χ4n) is 2.84. The summed E-state index contributed by atoms with van der Waals surface area (Å²) in [5.41, 5.74) is 1.01. The summed E-state index contributed by atoms with van der Waals surface area (Å²) in [6.45, 7) is 2.62. The number of amides is 1. The molecular formula is C14H15N3O3S. The highest BCUT2D eigenvalue weighted by atomic mass is 32.1. The molecule has 0 aliphatic carbocycles. The van der Waals surface area contributed by atoms with Gasteiger partial charge in [0.05, 0.1) is 12.4 Å². The second kappa shape index (κ2) is 5.33. The van der Waals surface area contributed by atoms with Gasteiger partial charge in [0.25, 0.3) is 5.91 Å². The van der Waals surface area contributed by atoms with Gasteiger partial charge in [0.15, 0.2) is 11.4 Å². The van der Waals surface area contributed by atoms with Crippen molar-refractivity contribution < 1.29 is 14.7 Å². The van der Waals surface area contributed by atoms with Gasteiger partial charge in [-0.1, -0.05) is 6.92 Å². The zero-order valence-corrected chi connectivity index (χ0v) is 12.3. The van der Waals surface area contributed by atoms with Gasteiger partial charge < -0.3 is 15.0 Å². The Hall–Kier alpha value is -2.15. The molecule has 0 saturated carbocycles. The van der Waals surface area contributed by atoms with Crippen LogP contribution >= 0.6 is 11.3 Å². The Morgan fingerprint density at radius 2 is 2.38 bits per heavy atom. The fraction of sp³-hybridized carbons (Fsp3) is 0.357. The number of thiophene rings is 1. The lowest BCUT2D eigenvalue weighted by atomic mass is 9.97. The topological polar surface area (TPSA) is 86.3 Å². The Morgan fingerprint density at radius 1 is 1.57 bits per heavy atom. The molecule has 6 nitrogen and oxygen atoms in total. The van der Waals surface area contributed by atoms with E-state index in [2.05, 4.69) is 16.0 Å². The summed E-state index contributed by atoms with van der Waals surface area (Å²) in [4.78, 5) is 33.3. The van der Waals surface area contributed by atoms with E-state index in [0.29, 0.717) is 6.54 Å². The lowest BCUT2D eigenvalue weighted by Crippen LogP contribution is -2.40. The van der Waals surface area contributed by atoms with Crippen LogP contribution in [0.3, 0.4) is 0 Å². The molecule has 1 amide bonds. The third kappa shape index (κ3) is 2.23. The van der Waals surface area contributed by atoms with Gasteiger partial charge in [-0.25, -0.2) is 9.78 Å². The van der Waals surface area contributed by atoms with Gasteiger partial charge in [0.2, 0.25) is 0 Å². The van der Waals surface area contributed by atoms with Gasteiger partial charge in [0, 0.05) is 11.4 Å². The first-order valence-corrected chi connectivity index (χ1v) is 7.65. The number of hydrogen-bond acceptors (Lipinski definition) is 4. The number of carbonyl (C=O) groups excluding carboxylic acids is 1. The van der Waals surface area contributed by atoms with Crippen molar-refractivity contribution in [2.45, 2.75) is 25.8 Å². The first-order valence-electron chi connectivity index (χ1n) is 6.77. The van der Waals surface area contributed by atoms with Crippen molar-refractivity contribution in [1.82, 2.24) is 14.9 Å². The van der Waals surface area contributed by atoms with E-state index in [0.717, 1.165) is 12.8 Å². The maximum absolute atomic E-state index is 12.7. The minimum absolute atomic E-state index is 0.00848. The molecule has 0 spiro atoms. The summed E-state index contributed by atoms with van der Waals surface area (Å²) in [5, 5.41) is 11.1. The summed E-state index contributed by atoms with van der Waals surface area (Å²) in [7, 11) is 0. The standard InChI is InChI=1S/C14H15N3O3S/c1-2-9-8-4-6-21-10(8)3-5-17(9)13(18)11-12(14(19)20)16-7-15-11/h4,6-7,9H,2-3,5H2,1H3,(H,15,16)(H,19,20). The molecule has 1 unspecified atom stereocenters. The zero-order valence-electron chi connectivity index (χ0n) is 11.5. The number of nitrogens with one attached hydrogen (secondary N) is 1. The first-order chi connectivity index (χ1) is 10.1. The largest absolute Gasteiger partial charge is 0.477 e. The summed E-state index contributed by atoms with van der Waals surface area (Å²) < 4.78 is 0. The Labute approximate surface area is 125 Å². The zero-order chi connectivity index (χ0) is 15.0.